The molecule has 0 radical (unpaired) electrons. The predicted molar refractivity (Wildman–Crippen MR) is 20.0 cm³/mol. The van der Waals surface area contributed by atoms with Crippen LogP contribution in [0.1, 0.15) is 0 Å². The molecular weight excluding hydrogens is 147 g/mol. The van der Waals surface area contributed by atoms with Gasteiger partial charge in [0.2, 0.25) is 11.3 Å². The normalized spacial score (nSPS) is 16.0. The fourth-order valence-corrected chi connectivity index (χ4v) is 0.297. The molecule has 0 heterocycles. The molecule has 7 heteroatoms. The zero-order chi connectivity index (χ0) is 6.78. The van der Waals surface area contributed by atoms with Crippen molar-refractivity contribution >= 4 is 11.3 Å². The lowest BCUT2D eigenvalue weighted by atomic mass is 11.3. The smallest absolute Gasteiger partial charge is 0.294 e. The molecule has 0 rings (SSSR count). The van der Waals surface area contributed by atoms with Crippen LogP contribution in [0.25, 0.3) is 0 Å². The first-order chi connectivity index (χ1) is 3.42. The molecule has 0 amide bonds. The Balaban J connectivity index is 3.55. The Labute approximate surface area is 45.3 Å². The highest BCUT2D eigenvalue weighted by Crippen LogP contribution is 2.08. The van der Waals surface area contributed by atoms with Gasteiger partial charge in [-0.3, -0.25) is 4.55 Å². The van der Waals surface area contributed by atoms with Crippen LogP contribution in [0.3, 0.4) is 0 Å². The molecule has 0 aromatic carbocycles. The summed E-state index contributed by atoms with van der Waals surface area (Å²) in [6.45, 7) is 0. The Morgan fingerprint density at radius 3 is 1.88 bits per heavy atom. The summed E-state index contributed by atoms with van der Waals surface area (Å²) >= 11 is -3.01. The van der Waals surface area contributed by atoms with Gasteiger partial charge >= 0.3 is 6.30 Å². The van der Waals surface area contributed by atoms with Crippen LogP contribution in [0, 0.1) is 0 Å². The molecule has 8 heavy (non-hydrogen) atoms. The van der Waals surface area contributed by atoms with E-state index in [0.717, 1.165) is 0 Å². The summed E-state index contributed by atoms with van der Waals surface area (Å²) in [7, 11) is 0. The fraction of sp³-hybridized carbons (Fsp3) is 1.00. The van der Waals surface area contributed by atoms with E-state index in [1.165, 1.54) is 0 Å². The summed E-state index contributed by atoms with van der Waals surface area (Å²) in [6.07, 6.45) is -4.78. The van der Waals surface area contributed by atoms with Crippen molar-refractivity contribution in [1.29, 1.82) is 0 Å². The van der Waals surface area contributed by atoms with E-state index in [-0.39, 0.29) is 0 Å². The lowest BCUT2D eigenvalue weighted by Gasteiger charge is -2.01. The largest absolute Gasteiger partial charge is 0.470 e. The standard InChI is InChI=1S/CH2F3NO2S/c2-1(3,4)5-8(6)7/h5H,(H,6,7). The summed E-state index contributed by atoms with van der Waals surface area (Å²) in [5.41, 5.74) is 0. The zero-order valence-corrected chi connectivity index (χ0v) is 4.21. The van der Waals surface area contributed by atoms with Gasteiger partial charge in [-0.05, 0) is 0 Å². The van der Waals surface area contributed by atoms with E-state index >= 15 is 0 Å². The van der Waals surface area contributed by atoms with Crippen LogP contribution in [0.5, 0.6) is 0 Å². The lowest BCUT2D eigenvalue weighted by Crippen LogP contribution is -2.32. The van der Waals surface area contributed by atoms with Gasteiger partial charge in [0.1, 0.15) is 0 Å². The second kappa shape index (κ2) is 2.42. The van der Waals surface area contributed by atoms with Crippen molar-refractivity contribution in [3.05, 3.63) is 0 Å². The van der Waals surface area contributed by atoms with Gasteiger partial charge in [0, 0.05) is 0 Å². The molecule has 2 N–H and O–H groups in total. The van der Waals surface area contributed by atoms with Crippen molar-refractivity contribution < 1.29 is 21.9 Å². The van der Waals surface area contributed by atoms with E-state index in [9.17, 15) is 17.4 Å². The van der Waals surface area contributed by atoms with Gasteiger partial charge in [-0.15, -0.1) is 4.72 Å². The van der Waals surface area contributed by atoms with Crippen LogP contribution in [0.2, 0.25) is 0 Å². The van der Waals surface area contributed by atoms with E-state index in [0.29, 0.717) is 4.72 Å². The maximum Gasteiger partial charge on any atom is 0.470 e. The van der Waals surface area contributed by atoms with Crippen molar-refractivity contribution in [1.82, 2.24) is 4.72 Å². The van der Waals surface area contributed by atoms with E-state index in [1.807, 2.05) is 0 Å². The summed E-state index contributed by atoms with van der Waals surface area (Å²) in [6, 6.07) is 0. The molecule has 0 aliphatic carbocycles. The van der Waals surface area contributed by atoms with E-state index in [1.54, 1.807) is 0 Å². The third-order valence-electron chi connectivity index (χ3n) is 0.203. The first kappa shape index (κ1) is 7.86. The molecule has 0 aliphatic rings. The van der Waals surface area contributed by atoms with Gasteiger partial charge in [0.15, 0.2) is 0 Å². The van der Waals surface area contributed by atoms with Crippen molar-refractivity contribution in [3.8, 4) is 0 Å². The number of hydrogen-bond donors (Lipinski definition) is 2. The van der Waals surface area contributed by atoms with Crippen molar-refractivity contribution in [3.63, 3.8) is 0 Å². The van der Waals surface area contributed by atoms with Gasteiger partial charge in [-0.2, -0.15) is 13.2 Å². The van der Waals surface area contributed by atoms with E-state index in [4.69, 9.17) is 4.55 Å². The Bertz CT molecular complexity index is 99.9. The molecule has 0 fully saturated rings. The highest BCUT2D eigenvalue weighted by molar-refractivity contribution is 7.77. The molecular formula is CH2F3NO2S. The van der Waals surface area contributed by atoms with Gasteiger partial charge in [0.05, 0.1) is 0 Å². The third kappa shape index (κ3) is 5.86. The first-order valence-electron chi connectivity index (χ1n) is 1.37. The highest BCUT2D eigenvalue weighted by atomic mass is 32.2. The Hall–Kier alpha value is -0.140. The average molecular weight is 149 g/mol. The summed E-state index contributed by atoms with van der Waals surface area (Å²) in [4.78, 5) is 0. The molecule has 0 aliphatic heterocycles. The quantitative estimate of drug-likeness (QED) is 0.414. The molecule has 1 atom stereocenters. The SMILES string of the molecule is O=S(O)NC(F)(F)F. The molecule has 0 bridgehead atoms. The summed E-state index contributed by atoms with van der Waals surface area (Å²) < 4.78 is 49.8. The van der Waals surface area contributed by atoms with Crippen molar-refractivity contribution in [2.24, 2.45) is 0 Å². The van der Waals surface area contributed by atoms with Crippen LogP contribution in [-0.2, 0) is 11.3 Å². The predicted octanol–water partition coefficient (Wildman–Crippen LogP) is 0.233. The maximum atomic E-state index is 10.8. The monoisotopic (exact) mass is 149 g/mol. The minimum Gasteiger partial charge on any atom is -0.294 e. The fourth-order valence-electron chi connectivity index (χ4n) is 0.0990. The summed E-state index contributed by atoms with van der Waals surface area (Å²) in [5.74, 6) is 0. The zero-order valence-electron chi connectivity index (χ0n) is 3.40. The van der Waals surface area contributed by atoms with E-state index in [2.05, 4.69) is 0 Å². The number of rotatable bonds is 1. The van der Waals surface area contributed by atoms with Gasteiger partial charge < -0.3 is 0 Å². The van der Waals surface area contributed by atoms with Crippen LogP contribution >= 0.6 is 0 Å². The molecule has 0 aromatic rings. The van der Waals surface area contributed by atoms with Gasteiger partial charge in [-0.1, -0.05) is 0 Å². The molecule has 50 valence electrons. The van der Waals surface area contributed by atoms with E-state index < -0.39 is 17.6 Å². The number of nitrogens with one attached hydrogen (secondary N) is 1. The molecule has 0 saturated heterocycles. The number of alkyl halides is 3. The minimum absolute atomic E-state index is 0.410. The summed E-state index contributed by atoms with van der Waals surface area (Å²) in [5, 5.41) is 0. The maximum absolute atomic E-state index is 10.8. The Kier molecular flexibility index (Phi) is 2.38. The van der Waals surface area contributed by atoms with Crippen molar-refractivity contribution in [2.75, 3.05) is 0 Å². The lowest BCUT2D eigenvalue weighted by molar-refractivity contribution is -0.138. The van der Waals surface area contributed by atoms with Crippen LogP contribution in [0.4, 0.5) is 13.2 Å². The second-order valence-electron chi connectivity index (χ2n) is 0.849. The highest BCUT2D eigenvalue weighted by Gasteiger charge is 2.29. The average Bonchev–Trinajstić information content (AvgIpc) is 1.21. The second-order valence-corrected chi connectivity index (χ2v) is 1.55. The van der Waals surface area contributed by atoms with Crippen LogP contribution < -0.4 is 4.72 Å². The van der Waals surface area contributed by atoms with Gasteiger partial charge in [-0.25, -0.2) is 4.21 Å². The van der Waals surface area contributed by atoms with Gasteiger partial charge in [0.25, 0.3) is 0 Å². The van der Waals surface area contributed by atoms with Crippen LogP contribution in [-0.4, -0.2) is 15.1 Å². The molecule has 0 spiro atoms. The molecule has 1 unspecified atom stereocenters. The number of halogens is 3. The number of hydrogen-bond acceptors (Lipinski definition) is 1. The van der Waals surface area contributed by atoms with Crippen LogP contribution in [0.15, 0.2) is 0 Å². The topological polar surface area (TPSA) is 49.3 Å². The van der Waals surface area contributed by atoms with Crippen molar-refractivity contribution in [2.45, 2.75) is 6.30 Å². The first-order valence-corrected chi connectivity index (χ1v) is 2.48. The Morgan fingerprint density at radius 1 is 1.50 bits per heavy atom. The molecule has 0 aromatic heterocycles. The molecule has 3 nitrogen and oxygen atoms in total. The Morgan fingerprint density at radius 2 is 1.88 bits per heavy atom. The minimum atomic E-state index is -4.78. The third-order valence-corrected chi connectivity index (χ3v) is 0.609. The molecule has 0 saturated carbocycles.